The van der Waals surface area contributed by atoms with Gasteiger partial charge >= 0.3 is 0 Å². The van der Waals surface area contributed by atoms with Gasteiger partial charge in [0.05, 0.1) is 6.21 Å². The van der Waals surface area contributed by atoms with Crippen LogP contribution in [0.2, 0.25) is 5.02 Å². The van der Waals surface area contributed by atoms with Crippen LogP contribution in [0.1, 0.15) is 17.4 Å². The molecule has 3 rings (SSSR count). The van der Waals surface area contributed by atoms with Gasteiger partial charge in [-0.2, -0.15) is 5.10 Å². The highest BCUT2D eigenvalue weighted by Gasteiger charge is 2.16. The molecular formula is C19H15ClN2O3. The third-order valence-electron chi connectivity index (χ3n) is 3.49. The lowest BCUT2D eigenvalue weighted by Crippen LogP contribution is -2.25. The third kappa shape index (κ3) is 4.35. The predicted octanol–water partition coefficient (Wildman–Crippen LogP) is 3.78. The number of benzene rings is 2. The summed E-state index contributed by atoms with van der Waals surface area (Å²) >= 11 is 5.86. The first kappa shape index (κ1) is 17.0. The van der Waals surface area contributed by atoms with Gasteiger partial charge in [0, 0.05) is 10.6 Å². The largest absolute Gasteiger partial charge is 0.455 e. The van der Waals surface area contributed by atoms with E-state index in [1.807, 2.05) is 12.1 Å². The van der Waals surface area contributed by atoms with Crippen molar-refractivity contribution in [1.82, 2.24) is 5.43 Å². The van der Waals surface area contributed by atoms with Gasteiger partial charge in [-0.25, -0.2) is 5.43 Å². The van der Waals surface area contributed by atoms with E-state index < -0.39 is 12.0 Å². The molecule has 126 valence electrons. The Kier molecular flexibility index (Phi) is 5.28. The highest BCUT2D eigenvalue weighted by atomic mass is 35.5. The lowest BCUT2D eigenvalue weighted by molar-refractivity contribution is -0.129. The molecule has 0 fully saturated rings. The van der Waals surface area contributed by atoms with Crippen LogP contribution in [0.15, 0.2) is 76.2 Å². The molecular weight excluding hydrogens is 340 g/mol. The minimum Gasteiger partial charge on any atom is -0.455 e. The van der Waals surface area contributed by atoms with Gasteiger partial charge in [-0.1, -0.05) is 41.9 Å². The van der Waals surface area contributed by atoms with Crippen molar-refractivity contribution in [2.24, 2.45) is 5.10 Å². The zero-order valence-corrected chi connectivity index (χ0v) is 13.9. The quantitative estimate of drug-likeness (QED) is 0.540. The number of halogens is 1. The summed E-state index contributed by atoms with van der Waals surface area (Å²) in [7, 11) is 0. The number of nitrogens with one attached hydrogen (secondary N) is 1. The predicted molar refractivity (Wildman–Crippen MR) is 96.3 cm³/mol. The second-order valence-electron chi connectivity index (χ2n) is 5.26. The van der Waals surface area contributed by atoms with Crippen molar-refractivity contribution >= 4 is 23.7 Å². The molecule has 0 aliphatic rings. The Morgan fingerprint density at radius 2 is 1.80 bits per heavy atom. The van der Waals surface area contributed by atoms with Crippen LogP contribution in [0.25, 0.3) is 11.3 Å². The summed E-state index contributed by atoms with van der Waals surface area (Å²) in [6.07, 6.45) is 0.0919. The number of nitrogens with zero attached hydrogens (tertiary/aromatic N) is 1. The Balaban J connectivity index is 1.61. The molecule has 3 aromatic rings. The minimum absolute atomic E-state index is 0.472. The number of hydrazone groups is 1. The Morgan fingerprint density at radius 1 is 1.08 bits per heavy atom. The van der Waals surface area contributed by atoms with Gasteiger partial charge in [-0.15, -0.1) is 0 Å². The number of rotatable bonds is 5. The smallest absolute Gasteiger partial charge is 0.273 e. The zero-order chi connectivity index (χ0) is 17.6. The molecule has 6 heteroatoms. The van der Waals surface area contributed by atoms with E-state index in [0.29, 0.717) is 22.1 Å². The molecule has 1 heterocycles. The molecule has 2 N–H and O–H groups in total. The van der Waals surface area contributed by atoms with E-state index in [4.69, 9.17) is 16.0 Å². The van der Waals surface area contributed by atoms with Gasteiger partial charge in [-0.3, -0.25) is 4.79 Å². The number of hydrogen-bond donors (Lipinski definition) is 2. The highest BCUT2D eigenvalue weighted by Crippen LogP contribution is 2.23. The molecule has 5 nitrogen and oxygen atoms in total. The van der Waals surface area contributed by atoms with E-state index >= 15 is 0 Å². The maximum absolute atomic E-state index is 11.9. The van der Waals surface area contributed by atoms with Crippen LogP contribution in [-0.4, -0.2) is 17.2 Å². The van der Waals surface area contributed by atoms with Crippen molar-refractivity contribution in [3.63, 3.8) is 0 Å². The fourth-order valence-electron chi connectivity index (χ4n) is 2.20. The van der Waals surface area contributed by atoms with E-state index in [1.165, 1.54) is 6.21 Å². The molecule has 1 unspecified atom stereocenters. The monoisotopic (exact) mass is 354 g/mol. The van der Waals surface area contributed by atoms with Crippen molar-refractivity contribution in [3.05, 3.63) is 83.1 Å². The van der Waals surface area contributed by atoms with Gasteiger partial charge in [0.1, 0.15) is 11.5 Å². The standard InChI is InChI=1S/C19H15ClN2O3/c20-15-8-6-13(7-9-15)17-11-10-16(25-17)12-21-22-19(24)18(23)14-4-2-1-3-5-14/h1-12,18,23H,(H,22,24). The summed E-state index contributed by atoms with van der Waals surface area (Å²) in [5, 5.41) is 14.4. The van der Waals surface area contributed by atoms with E-state index in [1.54, 1.807) is 54.6 Å². The molecule has 2 aromatic carbocycles. The molecule has 1 aromatic heterocycles. The Bertz CT molecular complexity index is 873. The van der Waals surface area contributed by atoms with Gasteiger partial charge in [0.25, 0.3) is 5.91 Å². The van der Waals surface area contributed by atoms with Crippen LogP contribution < -0.4 is 5.43 Å². The van der Waals surface area contributed by atoms with Crippen molar-refractivity contribution < 1.29 is 14.3 Å². The Morgan fingerprint density at radius 3 is 2.52 bits per heavy atom. The fraction of sp³-hybridized carbons (Fsp3) is 0.0526. The van der Waals surface area contributed by atoms with Crippen LogP contribution >= 0.6 is 11.6 Å². The molecule has 0 aliphatic heterocycles. The summed E-state index contributed by atoms with van der Waals surface area (Å²) in [6.45, 7) is 0. The van der Waals surface area contributed by atoms with Crippen LogP contribution in [0, 0.1) is 0 Å². The van der Waals surface area contributed by atoms with Gasteiger partial charge in [-0.05, 0) is 42.0 Å². The number of carbonyl (C=O) groups is 1. The van der Waals surface area contributed by atoms with Crippen molar-refractivity contribution in [3.8, 4) is 11.3 Å². The van der Waals surface area contributed by atoms with Gasteiger partial charge < -0.3 is 9.52 Å². The third-order valence-corrected chi connectivity index (χ3v) is 3.74. The summed E-state index contributed by atoms with van der Waals surface area (Å²) in [4.78, 5) is 11.9. The molecule has 0 spiro atoms. The molecule has 0 aliphatic carbocycles. The van der Waals surface area contributed by atoms with E-state index in [0.717, 1.165) is 5.56 Å². The Hall–Kier alpha value is -2.89. The molecule has 1 amide bonds. The van der Waals surface area contributed by atoms with Crippen LogP contribution in [-0.2, 0) is 4.79 Å². The molecule has 0 radical (unpaired) electrons. The number of hydrogen-bond acceptors (Lipinski definition) is 4. The van der Waals surface area contributed by atoms with Crippen molar-refractivity contribution in [2.75, 3.05) is 0 Å². The average Bonchev–Trinajstić information content (AvgIpc) is 3.11. The summed E-state index contributed by atoms with van der Waals surface area (Å²) in [5.74, 6) is 0.514. The number of furan rings is 1. The molecule has 1 atom stereocenters. The SMILES string of the molecule is O=C(NN=Cc1ccc(-c2ccc(Cl)cc2)o1)C(O)c1ccccc1. The first-order valence-corrected chi connectivity index (χ1v) is 7.93. The average molecular weight is 355 g/mol. The first-order chi connectivity index (χ1) is 12.1. The fourth-order valence-corrected chi connectivity index (χ4v) is 2.32. The molecule has 0 saturated carbocycles. The number of carbonyl (C=O) groups excluding carboxylic acids is 1. The molecule has 25 heavy (non-hydrogen) atoms. The zero-order valence-electron chi connectivity index (χ0n) is 13.1. The van der Waals surface area contributed by atoms with Crippen molar-refractivity contribution in [1.29, 1.82) is 0 Å². The van der Waals surface area contributed by atoms with Crippen LogP contribution in [0.4, 0.5) is 0 Å². The molecule has 0 bridgehead atoms. The maximum Gasteiger partial charge on any atom is 0.273 e. The van der Waals surface area contributed by atoms with E-state index in [-0.39, 0.29) is 0 Å². The van der Waals surface area contributed by atoms with Crippen LogP contribution in [0.5, 0.6) is 0 Å². The van der Waals surface area contributed by atoms with E-state index in [2.05, 4.69) is 10.5 Å². The lowest BCUT2D eigenvalue weighted by Gasteiger charge is -2.08. The van der Waals surface area contributed by atoms with Crippen LogP contribution in [0.3, 0.4) is 0 Å². The number of amides is 1. The second-order valence-corrected chi connectivity index (χ2v) is 5.69. The van der Waals surface area contributed by atoms with E-state index in [9.17, 15) is 9.90 Å². The first-order valence-electron chi connectivity index (χ1n) is 7.55. The van der Waals surface area contributed by atoms with Gasteiger partial charge in [0.2, 0.25) is 0 Å². The molecule has 0 saturated heterocycles. The summed E-state index contributed by atoms with van der Waals surface area (Å²) in [5.41, 5.74) is 3.67. The summed E-state index contributed by atoms with van der Waals surface area (Å²) < 4.78 is 5.63. The van der Waals surface area contributed by atoms with Crippen molar-refractivity contribution in [2.45, 2.75) is 6.10 Å². The maximum atomic E-state index is 11.9. The van der Waals surface area contributed by atoms with Gasteiger partial charge in [0.15, 0.2) is 6.10 Å². The number of aliphatic hydroxyl groups is 1. The highest BCUT2D eigenvalue weighted by molar-refractivity contribution is 6.30. The minimum atomic E-state index is -1.28. The lowest BCUT2D eigenvalue weighted by atomic mass is 10.1. The number of aliphatic hydroxyl groups excluding tert-OH is 1. The normalized spacial score (nSPS) is 12.2. The summed E-state index contributed by atoms with van der Waals surface area (Å²) in [6, 6.07) is 19.4. The topological polar surface area (TPSA) is 74.8 Å². The Labute approximate surface area is 149 Å². The second kappa shape index (κ2) is 7.79.